The normalized spacial score (nSPS) is 11.2. The maximum atomic E-state index is 12.7. The van der Waals surface area contributed by atoms with E-state index in [0.29, 0.717) is 10.2 Å². The zero-order valence-electron chi connectivity index (χ0n) is 10.3. The molecule has 0 aliphatic heterocycles. The van der Waals surface area contributed by atoms with E-state index in [1.54, 1.807) is 0 Å². The van der Waals surface area contributed by atoms with Crippen molar-refractivity contribution in [1.29, 1.82) is 0 Å². The second-order valence-corrected chi connectivity index (χ2v) is 6.30. The summed E-state index contributed by atoms with van der Waals surface area (Å²) in [6.45, 7) is 0. The molecular weight excluding hydrogens is 351 g/mol. The number of methoxy groups -OCH3 is 1. The smallest absolute Gasteiger partial charge is 0.263 e. The van der Waals surface area contributed by atoms with Crippen molar-refractivity contribution in [2.75, 3.05) is 11.8 Å². The fraction of sp³-hybridized carbons (Fsp3) is 0.0833. The van der Waals surface area contributed by atoms with Crippen LogP contribution >= 0.6 is 15.9 Å². The van der Waals surface area contributed by atoms with E-state index in [-0.39, 0.29) is 10.7 Å². The molecule has 1 aromatic carbocycles. The summed E-state index contributed by atoms with van der Waals surface area (Å²) in [5.74, 6) is 0.0161. The van der Waals surface area contributed by atoms with Crippen LogP contribution in [0.4, 0.5) is 10.2 Å². The van der Waals surface area contributed by atoms with Crippen LogP contribution in [-0.4, -0.2) is 20.5 Å². The van der Waals surface area contributed by atoms with Gasteiger partial charge in [-0.1, -0.05) is 0 Å². The molecule has 8 heteroatoms. The predicted molar refractivity (Wildman–Crippen MR) is 75.7 cm³/mol. The van der Waals surface area contributed by atoms with Crippen LogP contribution in [0.5, 0.6) is 5.75 Å². The van der Waals surface area contributed by atoms with Crippen LogP contribution in [0, 0.1) is 5.82 Å². The largest absolute Gasteiger partial charge is 0.496 e. The summed E-state index contributed by atoms with van der Waals surface area (Å²) in [5, 5.41) is 0. The van der Waals surface area contributed by atoms with Gasteiger partial charge in [0.15, 0.2) is 0 Å². The Kier molecular flexibility index (Phi) is 4.24. The molecular formula is C12H10BrFN2O3S. The zero-order valence-corrected chi connectivity index (χ0v) is 12.7. The number of halogens is 2. The van der Waals surface area contributed by atoms with Crippen LogP contribution < -0.4 is 9.46 Å². The summed E-state index contributed by atoms with van der Waals surface area (Å²) in [4.78, 5) is 3.68. The molecule has 0 radical (unpaired) electrons. The molecule has 0 saturated carbocycles. The Morgan fingerprint density at radius 2 is 2.05 bits per heavy atom. The average molecular weight is 361 g/mol. The summed E-state index contributed by atoms with van der Waals surface area (Å²) in [6.07, 6.45) is 0.932. The number of anilines is 1. The van der Waals surface area contributed by atoms with Crippen LogP contribution in [0.2, 0.25) is 0 Å². The molecule has 0 amide bonds. The first kappa shape index (κ1) is 14.7. The van der Waals surface area contributed by atoms with Crippen molar-refractivity contribution in [1.82, 2.24) is 4.98 Å². The van der Waals surface area contributed by atoms with Gasteiger partial charge >= 0.3 is 0 Å². The maximum absolute atomic E-state index is 12.7. The molecule has 0 aliphatic carbocycles. The SMILES string of the molecule is COc1ccc(S(=O)(=O)Nc2ccc(F)cn2)cc1Br. The van der Waals surface area contributed by atoms with Crippen LogP contribution in [-0.2, 0) is 10.0 Å². The van der Waals surface area contributed by atoms with Gasteiger partial charge in [-0.2, -0.15) is 0 Å². The molecule has 1 N–H and O–H groups in total. The van der Waals surface area contributed by atoms with Gasteiger partial charge in [-0.05, 0) is 46.3 Å². The minimum atomic E-state index is -3.79. The second kappa shape index (κ2) is 5.76. The Bertz CT molecular complexity index is 720. The molecule has 0 unspecified atom stereocenters. The Hall–Kier alpha value is -1.67. The number of sulfonamides is 1. The highest BCUT2D eigenvalue weighted by molar-refractivity contribution is 9.10. The lowest BCUT2D eigenvalue weighted by molar-refractivity contribution is 0.411. The minimum Gasteiger partial charge on any atom is -0.496 e. The van der Waals surface area contributed by atoms with Gasteiger partial charge in [-0.15, -0.1) is 0 Å². The Morgan fingerprint density at radius 1 is 1.30 bits per heavy atom. The molecule has 1 heterocycles. The van der Waals surface area contributed by atoms with Crippen molar-refractivity contribution in [3.63, 3.8) is 0 Å². The van der Waals surface area contributed by atoms with E-state index in [0.717, 1.165) is 12.3 Å². The third-order valence-electron chi connectivity index (χ3n) is 2.40. The Labute approximate surface area is 124 Å². The van der Waals surface area contributed by atoms with Crippen LogP contribution in [0.25, 0.3) is 0 Å². The molecule has 0 aliphatic rings. The van der Waals surface area contributed by atoms with Gasteiger partial charge in [-0.3, -0.25) is 4.72 Å². The zero-order chi connectivity index (χ0) is 14.8. The van der Waals surface area contributed by atoms with E-state index in [1.807, 2.05) is 0 Å². The standard InChI is InChI=1S/C12H10BrFN2O3S/c1-19-11-4-3-9(6-10(11)13)20(17,18)16-12-5-2-8(14)7-15-12/h2-7H,1H3,(H,15,16). The van der Waals surface area contributed by atoms with Crippen molar-refractivity contribution in [2.45, 2.75) is 4.90 Å². The fourth-order valence-electron chi connectivity index (χ4n) is 1.45. The molecule has 0 saturated heterocycles. The summed E-state index contributed by atoms with van der Waals surface area (Å²) < 4.78 is 44.8. The van der Waals surface area contributed by atoms with Crippen LogP contribution in [0.1, 0.15) is 0 Å². The summed E-state index contributed by atoms with van der Waals surface area (Å²) >= 11 is 3.21. The summed E-state index contributed by atoms with van der Waals surface area (Å²) in [6, 6.07) is 6.69. The first-order chi connectivity index (χ1) is 9.42. The van der Waals surface area contributed by atoms with Gasteiger partial charge in [0.25, 0.3) is 10.0 Å². The molecule has 5 nitrogen and oxygen atoms in total. The fourth-order valence-corrected chi connectivity index (χ4v) is 3.17. The van der Waals surface area contributed by atoms with Crippen molar-refractivity contribution in [2.24, 2.45) is 0 Å². The number of pyridine rings is 1. The molecule has 20 heavy (non-hydrogen) atoms. The molecule has 0 fully saturated rings. The number of hydrogen-bond acceptors (Lipinski definition) is 4. The Morgan fingerprint density at radius 3 is 2.60 bits per heavy atom. The molecule has 0 bridgehead atoms. The number of rotatable bonds is 4. The lowest BCUT2D eigenvalue weighted by Gasteiger charge is -2.09. The maximum Gasteiger partial charge on any atom is 0.263 e. The van der Waals surface area contributed by atoms with E-state index in [4.69, 9.17) is 4.74 Å². The van der Waals surface area contributed by atoms with E-state index in [9.17, 15) is 12.8 Å². The number of nitrogens with zero attached hydrogens (tertiary/aromatic N) is 1. The average Bonchev–Trinajstić information content (AvgIpc) is 2.41. The van der Waals surface area contributed by atoms with Gasteiger partial charge in [-0.25, -0.2) is 17.8 Å². The minimum absolute atomic E-state index is 0.0382. The number of ether oxygens (including phenoxy) is 1. The van der Waals surface area contributed by atoms with Crippen molar-refractivity contribution in [3.8, 4) is 5.75 Å². The molecule has 0 spiro atoms. The molecule has 2 aromatic rings. The topological polar surface area (TPSA) is 68.3 Å². The number of aromatic nitrogens is 1. The van der Waals surface area contributed by atoms with Crippen molar-refractivity contribution < 1.29 is 17.5 Å². The highest BCUT2D eigenvalue weighted by atomic mass is 79.9. The van der Waals surface area contributed by atoms with Gasteiger partial charge in [0.05, 0.1) is 22.7 Å². The highest BCUT2D eigenvalue weighted by Gasteiger charge is 2.16. The highest BCUT2D eigenvalue weighted by Crippen LogP contribution is 2.28. The van der Waals surface area contributed by atoms with Gasteiger partial charge < -0.3 is 4.74 Å². The van der Waals surface area contributed by atoms with Gasteiger partial charge in [0.2, 0.25) is 0 Å². The van der Waals surface area contributed by atoms with Gasteiger partial charge in [0, 0.05) is 0 Å². The van der Waals surface area contributed by atoms with Crippen molar-refractivity contribution >= 4 is 31.8 Å². The van der Waals surface area contributed by atoms with Gasteiger partial charge in [0.1, 0.15) is 17.4 Å². The van der Waals surface area contributed by atoms with E-state index in [2.05, 4.69) is 25.6 Å². The van der Waals surface area contributed by atoms with E-state index in [1.165, 1.54) is 31.4 Å². The molecule has 1 aromatic heterocycles. The monoisotopic (exact) mass is 360 g/mol. The van der Waals surface area contributed by atoms with E-state index >= 15 is 0 Å². The first-order valence-electron chi connectivity index (χ1n) is 5.40. The first-order valence-corrected chi connectivity index (χ1v) is 7.68. The van der Waals surface area contributed by atoms with E-state index < -0.39 is 15.8 Å². The van der Waals surface area contributed by atoms with Crippen LogP contribution in [0.3, 0.4) is 0 Å². The molecule has 0 atom stereocenters. The summed E-state index contributed by atoms with van der Waals surface area (Å²) in [7, 11) is -2.31. The van der Waals surface area contributed by atoms with Crippen molar-refractivity contribution in [3.05, 3.63) is 46.8 Å². The number of benzene rings is 1. The lowest BCUT2D eigenvalue weighted by atomic mass is 10.3. The number of nitrogens with one attached hydrogen (secondary N) is 1. The quantitative estimate of drug-likeness (QED) is 0.909. The molecule has 2 rings (SSSR count). The predicted octanol–water partition coefficient (Wildman–Crippen LogP) is 2.79. The Balaban J connectivity index is 2.30. The molecule has 106 valence electrons. The third-order valence-corrected chi connectivity index (χ3v) is 4.37. The summed E-state index contributed by atoms with van der Waals surface area (Å²) in [5.41, 5.74) is 0. The van der Waals surface area contributed by atoms with Crippen LogP contribution in [0.15, 0.2) is 45.9 Å². The third kappa shape index (κ3) is 3.26. The second-order valence-electron chi connectivity index (χ2n) is 3.76. The lowest BCUT2D eigenvalue weighted by Crippen LogP contribution is -2.14. The number of hydrogen-bond donors (Lipinski definition) is 1.